The number of hydrogen-bond donors (Lipinski definition) is 0. The Morgan fingerprint density at radius 1 is 0.868 bits per heavy atom. The molecule has 0 unspecified atom stereocenters. The molecule has 0 saturated heterocycles. The van der Waals surface area contributed by atoms with Crippen LogP contribution in [0.2, 0.25) is 0 Å². The maximum atomic E-state index is 13.0. The maximum Gasteiger partial charge on any atom is 0.297 e. The summed E-state index contributed by atoms with van der Waals surface area (Å²) in [5, 5.41) is 0. The Kier molecular flexibility index (Phi) is 8.17. The molecule has 4 fully saturated rings. The number of aryl methyl sites for hydroxylation is 1. The molecule has 0 aromatic heterocycles. The molecule has 1 aromatic rings. The third-order valence-corrected chi connectivity index (χ3v) is 13.8. The van der Waals surface area contributed by atoms with Gasteiger partial charge in [0.25, 0.3) is 10.1 Å². The van der Waals surface area contributed by atoms with Crippen LogP contribution in [0.1, 0.15) is 117 Å². The fourth-order valence-corrected chi connectivity index (χ4v) is 11.4. The van der Waals surface area contributed by atoms with E-state index in [0.29, 0.717) is 21.6 Å². The van der Waals surface area contributed by atoms with Crippen LogP contribution in [0.5, 0.6) is 0 Å². The molecule has 4 heteroatoms. The first-order valence-corrected chi connectivity index (χ1v) is 17.3. The number of benzene rings is 1. The van der Waals surface area contributed by atoms with Gasteiger partial charge in [-0.15, -0.1) is 0 Å². The lowest BCUT2D eigenvalue weighted by atomic mass is 9.44. The van der Waals surface area contributed by atoms with Crippen molar-refractivity contribution in [1.82, 2.24) is 0 Å². The largest absolute Gasteiger partial charge is 0.297 e. The molecule has 4 aliphatic rings. The first-order valence-electron chi connectivity index (χ1n) is 15.9. The fourth-order valence-electron chi connectivity index (χ4n) is 10.3. The standard InChI is InChI=1S/C34H54O3S/c1-23(2)8-7-9-25(4)30-16-17-31-29-15-12-26-22-27(37-38(35,36)28-13-10-24(3)11-14-28)18-20-33(26,5)32(29)19-21-34(30,31)6/h10-11,13-14,23,25-27,29-32H,7-9,12,15-22H2,1-6H3/t25-,26+,27+,29+,30+,31-,32-,33+,34-/m1/s1. The molecule has 0 bridgehead atoms. The van der Waals surface area contributed by atoms with E-state index in [-0.39, 0.29) is 6.10 Å². The van der Waals surface area contributed by atoms with Crippen LogP contribution in [0.3, 0.4) is 0 Å². The van der Waals surface area contributed by atoms with Crippen LogP contribution in [0.15, 0.2) is 29.2 Å². The van der Waals surface area contributed by atoms with Crippen molar-refractivity contribution in [3.63, 3.8) is 0 Å². The van der Waals surface area contributed by atoms with Gasteiger partial charge in [-0.05, 0) is 129 Å². The summed E-state index contributed by atoms with van der Waals surface area (Å²) in [5.74, 6) is 5.75. The van der Waals surface area contributed by atoms with Crippen LogP contribution < -0.4 is 0 Å². The topological polar surface area (TPSA) is 43.4 Å². The van der Waals surface area contributed by atoms with Gasteiger partial charge in [0.15, 0.2) is 0 Å². The summed E-state index contributed by atoms with van der Waals surface area (Å²) in [7, 11) is -3.70. The highest BCUT2D eigenvalue weighted by molar-refractivity contribution is 7.86. The second-order valence-corrected chi connectivity index (χ2v) is 16.5. The normalized spacial score (nSPS) is 39.9. The van der Waals surface area contributed by atoms with Gasteiger partial charge in [-0.3, -0.25) is 4.18 Å². The molecule has 214 valence electrons. The summed E-state index contributed by atoms with van der Waals surface area (Å²) in [4.78, 5) is 0.293. The van der Waals surface area contributed by atoms with E-state index in [9.17, 15) is 8.42 Å². The Labute approximate surface area is 234 Å². The van der Waals surface area contributed by atoms with Crippen molar-refractivity contribution in [2.75, 3.05) is 0 Å². The van der Waals surface area contributed by atoms with Crippen molar-refractivity contribution in [3.8, 4) is 0 Å². The zero-order valence-electron chi connectivity index (χ0n) is 25.0. The predicted octanol–water partition coefficient (Wildman–Crippen LogP) is 9.19. The molecule has 0 aliphatic heterocycles. The lowest BCUT2D eigenvalue weighted by Gasteiger charge is -2.61. The van der Waals surface area contributed by atoms with Gasteiger partial charge in [-0.2, -0.15) is 8.42 Å². The van der Waals surface area contributed by atoms with Crippen LogP contribution in [0, 0.1) is 59.2 Å². The van der Waals surface area contributed by atoms with E-state index in [1.165, 1.54) is 57.8 Å². The second kappa shape index (κ2) is 10.8. The SMILES string of the molecule is Cc1ccc(S(=O)(=O)O[C@H]2CC[C@@]3(C)[C@@H](CC[C@@H]4[C@H]3CC[C@@]3(C)[C@@H]4CC[C@H]3[C@H](C)CCCC(C)C)C2)cc1. The molecular weight excluding hydrogens is 488 g/mol. The van der Waals surface area contributed by atoms with Gasteiger partial charge < -0.3 is 0 Å². The average molecular weight is 543 g/mol. The Hall–Kier alpha value is -0.870. The molecular formula is C34H54O3S. The van der Waals surface area contributed by atoms with E-state index < -0.39 is 10.1 Å². The van der Waals surface area contributed by atoms with Gasteiger partial charge in [0.2, 0.25) is 0 Å². The van der Waals surface area contributed by atoms with Crippen LogP contribution in [-0.4, -0.2) is 14.5 Å². The number of rotatable bonds is 8. The van der Waals surface area contributed by atoms with Crippen molar-refractivity contribution < 1.29 is 12.6 Å². The molecule has 0 amide bonds. The Morgan fingerprint density at radius 3 is 2.26 bits per heavy atom. The monoisotopic (exact) mass is 542 g/mol. The quantitative estimate of drug-likeness (QED) is 0.308. The third kappa shape index (κ3) is 5.27. The molecule has 4 saturated carbocycles. The van der Waals surface area contributed by atoms with Crippen molar-refractivity contribution in [3.05, 3.63) is 29.8 Å². The van der Waals surface area contributed by atoms with Gasteiger partial charge in [-0.1, -0.05) is 71.6 Å². The summed E-state index contributed by atoms with van der Waals surface area (Å²) < 4.78 is 31.9. The lowest BCUT2D eigenvalue weighted by Crippen LogP contribution is -2.54. The first-order chi connectivity index (χ1) is 17.9. The summed E-state index contributed by atoms with van der Waals surface area (Å²) in [6, 6.07) is 7.07. The van der Waals surface area contributed by atoms with Crippen LogP contribution in [-0.2, 0) is 14.3 Å². The molecule has 38 heavy (non-hydrogen) atoms. The molecule has 0 radical (unpaired) electrons. The molecule has 5 rings (SSSR count). The summed E-state index contributed by atoms with van der Waals surface area (Å²) in [6.45, 7) is 14.5. The molecule has 3 nitrogen and oxygen atoms in total. The summed E-state index contributed by atoms with van der Waals surface area (Å²) in [6.07, 6.45) is 15.2. The molecule has 9 atom stereocenters. The van der Waals surface area contributed by atoms with Crippen molar-refractivity contribution in [2.45, 2.75) is 130 Å². The lowest BCUT2D eigenvalue weighted by molar-refractivity contribution is -0.126. The minimum Gasteiger partial charge on any atom is -0.263 e. The number of hydrogen-bond acceptors (Lipinski definition) is 3. The maximum absolute atomic E-state index is 13.0. The van der Waals surface area contributed by atoms with Gasteiger partial charge in [0.1, 0.15) is 0 Å². The fraction of sp³-hybridized carbons (Fsp3) is 0.824. The second-order valence-electron chi connectivity index (χ2n) is 14.9. The van der Waals surface area contributed by atoms with Crippen LogP contribution in [0.25, 0.3) is 0 Å². The Morgan fingerprint density at radius 2 is 1.55 bits per heavy atom. The minimum absolute atomic E-state index is 0.174. The Bertz CT molecular complexity index is 1060. The van der Waals surface area contributed by atoms with Crippen molar-refractivity contribution >= 4 is 10.1 Å². The average Bonchev–Trinajstić information content (AvgIpc) is 3.21. The summed E-state index contributed by atoms with van der Waals surface area (Å²) in [5.41, 5.74) is 1.94. The van der Waals surface area contributed by atoms with Gasteiger partial charge in [0, 0.05) is 0 Å². The highest BCUT2D eigenvalue weighted by Crippen LogP contribution is 2.68. The molecule has 0 N–H and O–H groups in total. The molecule has 0 spiro atoms. The summed E-state index contributed by atoms with van der Waals surface area (Å²) >= 11 is 0. The predicted molar refractivity (Wildman–Crippen MR) is 156 cm³/mol. The zero-order valence-corrected chi connectivity index (χ0v) is 25.9. The first kappa shape index (κ1) is 28.7. The van der Waals surface area contributed by atoms with E-state index in [4.69, 9.17) is 4.18 Å². The van der Waals surface area contributed by atoms with Crippen LogP contribution >= 0.6 is 0 Å². The van der Waals surface area contributed by atoms with E-state index in [1.807, 2.05) is 19.1 Å². The molecule has 1 aromatic carbocycles. The highest BCUT2D eigenvalue weighted by Gasteiger charge is 2.60. The van der Waals surface area contributed by atoms with E-state index in [2.05, 4.69) is 34.6 Å². The minimum atomic E-state index is -3.70. The van der Waals surface area contributed by atoms with E-state index in [1.54, 1.807) is 12.1 Å². The van der Waals surface area contributed by atoms with Crippen molar-refractivity contribution in [2.24, 2.45) is 52.3 Å². The van der Waals surface area contributed by atoms with Crippen molar-refractivity contribution in [1.29, 1.82) is 0 Å². The van der Waals surface area contributed by atoms with E-state index >= 15 is 0 Å². The van der Waals surface area contributed by atoms with Gasteiger partial charge in [-0.25, -0.2) is 0 Å². The van der Waals surface area contributed by atoms with E-state index in [0.717, 1.165) is 60.3 Å². The zero-order chi connectivity index (χ0) is 27.3. The van der Waals surface area contributed by atoms with Crippen LogP contribution in [0.4, 0.5) is 0 Å². The Balaban J connectivity index is 1.24. The molecule has 0 heterocycles. The number of fused-ring (bicyclic) bond motifs is 5. The smallest absolute Gasteiger partial charge is 0.263 e. The van der Waals surface area contributed by atoms with Gasteiger partial charge >= 0.3 is 0 Å². The third-order valence-electron chi connectivity index (χ3n) is 12.4. The highest BCUT2D eigenvalue weighted by atomic mass is 32.2. The molecule has 4 aliphatic carbocycles. The van der Waals surface area contributed by atoms with Gasteiger partial charge in [0.05, 0.1) is 11.0 Å².